The van der Waals surface area contributed by atoms with Crippen LogP contribution >= 0.6 is 27.3 Å². The number of hydrogen-bond acceptors (Lipinski definition) is 4. The number of nitrogens with zero attached hydrogens (tertiary/aromatic N) is 1. The number of furan rings is 1. The van der Waals surface area contributed by atoms with Crippen LogP contribution in [-0.4, -0.2) is 10.9 Å². The molecule has 3 rings (SSSR count). The zero-order valence-corrected chi connectivity index (χ0v) is 14.3. The molecule has 0 spiro atoms. The molecule has 118 valence electrons. The Labute approximate surface area is 144 Å². The van der Waals surface area contributed by atoms with Crippen LogP contribution in [-0.2, 0) is 17.8 Å². The molecule has 1 aromatic carbocycles. The molecule has 0 atom stereocenters. The SMILES string of the molecule is O=C(Cc1csc(-c2ccco2)n1)NCc1cc(Br)ccc1F. The van der Waals surface area contributed by atoms with Crippen molar-refractivity contribution in [2.75, 3.05) is 0 Å². The van der Waals surface area contributed by atoms with Crippen molar-refractivity contribution in [3.8, 4) is 10.8 Å². The highest BCUT2D eigenvalue weighted by atomic mass is 79.9. The van der Waals surface area contributed by atoms with Crippen LogP contribution in [0, 0.1) is 5.82 Å². The number of carbonyl (C=O) groups excluding carboxylic acids is 1. The molecule has 0 aliphatic carbocycles. The molecule has 0 unspecified atom stereocenters. The van der Waals surface area contributed by atoms with Gasteiger partial charge in [-0.2, -0.15) is 0 Å². The maximum Gasteiger partial charge on any atom is 0.226 e. The molecule has 1 N–H and O–H groups in total. The molecule has 0 radical (unpaired) electrons. The number of halogens is 2. The Kier molecular flexibility index (Phi) is 4.88. The van der Waals surface area contributed by atoms with Gasteiger partial charge >= 0.3 is 0 Å². The summed E-state index contributed by atoms with van der Waals surface area (Å²) in [6.45, 7) is 0.138. The number of thiazole rings is 1. The molecule has 4 nitrogen and oxygen atoms in total. The summed E-state index contributed by atoms with van der Waals surface area (Å²) in [7, 11) is 0. The van der Waals surface area contributed by atoms with Gasteiger partial charge in [-0.3, -0.25) is 4.79 Å². The first-order valence-corrected chi connectivity index (χ1v) is 8.48. The van der Waals surface area contributed by atoms with Crippen LogP contribution in [0.5, 0.6) is 0 Å². The third kappa shape index (κ3) is 4.05. The molecule has 1 amide bonds. The Bertz CT molecular complexity index is 817. The van der Waals surface area contributed by atoms with Crippen LogP contribution in [0.1, 0.15) is 11.3 Å². The summed E-state index contributed by atoms with van der Waals surface area (Å²) in [4.78, 5) is 16.3. The molecule has 7 heteroatoms. The molecule has 0 bridgehead atoms. The first-order valence-electron chi connectivity index (χ1n) is 6.81. The molecule has 2 aromatic heterocycles. The smallest absolute Gasteiger partial charge is 0.226 e. The van der Waals surface area contributed by atoms with E-state index in [0.717, 1.165) is 9.48 Å². The third-order valence-electron chi connectivity index (χ3n) is 3.11. The van der Waals surface area contributed by atoms with Crippen molar-refractivity contribution in [1.29, 1.82) is 0 Å². The highest BCUT2D eigenvalue weighted by Crippen LogP contribution is 2.24. The average molecular weight is 395 g/mol. The van der Waals surface area contributed by atoms with E-state index in [4.69, 9.17) is 4.42 Å². The first kappa shape index (κ1) is 15.9. The van der Waals surface area contributed by atoms with E-state index >= 15 is 0 Å². The van der Waals surface area contributed by atoms with Gasteiger partial charge in [-0.1, -0.05) is 15.9 Å². The Balaban J connectivity index is 1.58. The second-order valence-electron chi connectivity index (χ2n) is 4.81. The number of benzene rings is 1. The van der Waals surface area contributed by atoms with Crippen LogP contribution < -0.4 is 5.32 Å². The van der Waals surface area contributed by atoms with Crippen LogP contribution in [0.15, 0.2) is 50.9 Å². The lowest BCUT2D eigenvalue weighted by Crippen LogP contribution is -2.25. The molecule has 3 aromatic rings. The fourth-order valence-electron chi connectivity index (χ4n) is 2.00. The maximum atomic E-state index is 13.6. The Morgan fingerprint density at radius 1 is 1.39 bits per heavy atom. The summed E-state index contributed by atoms with van der Waals surface area (Å²) in [5, 5.41) is 5.25. The molecular weight excluding hydrogens is 383 g/mol. The molecule has 0 saturated carbocycles. The van der Waals surface area contributed by atoms with E-state index in [-0.39, 0.29) is 24.7 Å². The van der Waals surface area contributed by atoms with Gasteiger partial charge in [0.05, 0.1) is 18.4 Å². The van der Waals surface area contributed by atoms with Crippen LogP contribution in [0.3, 0.4) is 0 Å². The second-order valence-corrected chi connectivity index (χ2v) is 6.58. The van der Waals surface area contributed by atoms with Crippen molar-refractivity contribution in [3.05, 3.63) is 63.5 Å². The Morgan fingerprint density at radius 2 is 2.26 bits per heavy atom. The molecule has 0 aliphatic rings. The highest BCUT2D eigenvalue weighted by molar-refractivity contribution is 9.10. The van der Waals surface area contributed by atoms with E-state index in [1.165, 1.54) is 17.4 Å². The van der Waals surface area contributed by atoms with Gasteiger partial charge in [0.25, 0.3) is 0 Å². The van der Waals surface area contributed by atoms with Gasteiger partial charge in [-0.05, 0) is 30.3 Å². The van der Waals surface area contributed by atoms with Gasteiger partial charge in [0.1, 0.15) is 5.82 Å². The molecule has 0 aliphatic heterocycles. The minimum absolute atomic E-state index is 0.138. The van der Waals surface area contributed by atoms with Crippen molar-refractivity contribution < 1.29 is 13.6 Å². The predicted octanol–water partition coefficient (Wildman–Crippen LogP) is 4.16. The van der Waals surface area contributed by atoms with E-state index in [2.05, 4.69) is 26.2 Å². The minimum Gasteiger partial charge on any atom is -0.462 e. The van der Waals surface area contributed by atoms with E-state index in [9.17, 15) is 9.18 Å². The second kappa shape index (κ2) is 7.06. The van der Waals surface area contributed by atoms with Gasteiger partial charge in [0.15, 0.2) is 10.8 Å². The fraction of sp³-hybridized carbons (Fsp3) is 0.125. The van der Waals surface area contributed by atoms with Gasteiger partial charge in [-0.25, -0.2) is 9.37 Å². The monoisotopic (exact) mass is 394 g/mol. The molecule has 23 heavy (non-hydrogen) atoms. The average Bonchev–Trinajstić information content (AvgIpc) is 3.19. The number of carbonyl (C=O) groups is 1. The quantitative estimate of drug-likeness (QED) is 0.706. The topological polar surface area (TPSA) is 55.1 Å². The fourth-order valence-corrected chi connectivity index (χ4v) is 3.20. The third-order valence-corrected chi connectivity index (χ3v) is 4.51. The first-order chi connectivity index (χ1) is 11.1. The van der Waals surface area contributed by atoms with E-state index in [0.29, 0.717) is 17.0 Å². The lowest BCUT2D eigenvalue weighted by atomic mass is 10.2. The number of rotatable bonds is 5. The Morgan fingerprint density at radius 3 is 3.04 bits per heavy atom. The summed E-state index contributed by atoms with van der Waals surface area (Å²) in [5.41, 5.74) is 1.09. The van der Waals surface area contributed by atoms with Crippen LogP contribution in [0.2, 0.25) is 0 Å². The summed E-state index contributed by atoms with van der Waals surface area (Å²) in [5.74, 6) is 0.126. The van der Waals surface area contributed by atoms with E-state index in [1.54, 1.807) is 24.5 Å². The van der Waals surface area contributed by atoms with Crippen molar-refractivity contribution in [1.82, 2.24) is 10.3 Å². The van der Waals surface area contributed by atoms with Crippen molar-refractivity contribution >= 4 is 33.2 Å². The normalized spacial score (nSPS) is 10.7. The van der Waals surface area contributed by atoms with Gasteiger partial charge in [-0.15, -0.1) is 11.3 Å². The number of hydrogen-bond donors (Lipinski definition) is 1. The van der Waals surface area contributed by atoms with Gasteiger partial charge in [0.2, 0.25) is 5.91 Å². The highest BCUT2D eigenvalue weighted by Gasteiger charge is 2.11. The molecule has 2 heterocycles. The maximum absolute atomic E-state index is 13.6. The molecular formula is C16H12BrFN2O2S. The minimum atomic E-state index is -0.345. The van der Waals surface area contributed by atoms with Crippen LogP contribution in [0.25, 0.3) is 10.8 Å². The molecule has 0 saturated heterocycles. The van der Waals surface area contributed by atoms with Crippen molar-refractivity contribution in [3.63, 3.8) is 0 Å². The van der Waals surface area contributed by atoms with Gasteiger partial charge in [0, 0.05) is 22.0 Å². The largest absolute Gasteiger partial charge is 0.462 e. The summed E-state index contributed by atoms with van der Waals surface area (Å²) >= 11 is 4.70. The van der Waals surface area contributed by atoms with Crippen molar-refractivity contribution in [2.24, 2.45) is 0 Å². The van der Waals surface area contributed by atoms with Gasteiger partial charge < -0.3 is 9.73 Å². The summed E-state index contributed by atoms with van der Waals surface area (Å²) in [6.07, 6.45) is 1.72. The summed E-state index contributed by atoms with van der Waals surface area (Å²) < 4.78 is 19.7. The number of aromatic nitrogens is 1. The standard InChI is InChI=1S/C16H12BrFN2O2S/c17-11-3-4-13(18)10(6-11)8-19-15(21)7-12-9-23-16(20-12)14-2-1-5-22-14/h1-6,9H,7-8H2,(H,19,21). The van der Waals surface area contributed by atoms with E-state index in [1.807, 2.05) is 11.4 Å². The number of nitrogens with one attached hydrogen (secondary N) is 1. The van der Waals surface area contributed by atoms with Crippen molar-refractivity contribution in [2.45, 2.75) is 13.0 Å². The lowest BCUT2D eigenvalue weighted by Gasteiger charge is -2.06. The summed E-state index contributed by atoms with van der Waals surface area (Å²) in [6, 6.07) is 8.23. The lowest BCUT2D eigenvalue weighted by molar-refractivity contribution is -0.120. The van der Waals surface area contributed by atoms with Crippen LogP contribution in [0.4, 0.5) is 4.39 Å². The predicted molar refractivity (Wildman–Crippen MR) is 89.5 cm³/mol. The molecule has 0 fully saturated rings. The zero-order valence-electron chi connectivity index (χ0n) is 11.9. The van der Waals surface area contributed by atoms with E-state index < -0.39 is 0 Å². The zero-order chi connectivity index (χ0) is 16.2. The number of amides is 1. The Hall–Kier alpha value is -1.99.